The minimum atomic E-state index is -3.64. The summed E-state index contributed by atoms with van der Waals surface area (Å²) in [6.07, 6.45) is 0.616. The Morgan fingerprint density at radius 2 is 1.89 bits per heavy atom. The third-order valence-electron chi connectivity index (χ3n) is 2.64. The van der Waals surface area contributed by atoms with Gasteiger partial charge >= 0.3 is 0 Å². The van der Waals surface area contributed by atoms with Gasteiger partial charge in [-0.25, -0.2) is 8.42 Å². The van der Waals surface area contributed by atoms with Crippen molar-refractivity contribution in [1.82, 2.24) is 0 Å². The van der Waals surface area contributed by atoms with E-state index in [4.69, 9.17) is 31.8 Å². The second-order valence-corrected chi connectivity index (χ2v) is 7.07. The highest BCUT2D eigenvalue weighted by Gasteiger charge is 2.23. The molecule has 1 aliphatic heterocycles. The minimum Gasteiger partial charge on any atom is -0.486 e. The quantitative estimate of drug-likeness (QED) is 0.806. The molecule has 1 aromatic carbocycles. The highest BCUT2D eigenvalue weighted by Crippen LogP contribution is 2.42. The number of benzene rings is 1. The van der Waals surface area contributed by atoms with Crippen LogP contribution in [-0.4, -0.2) is 21.6 Å². The Morgan fingerprint density at radius 3 is 2.44 bits per heavy atom. The van der Waals surface area contributed by atoms with Crippen LogP contribution in [0.5, 0.6) is 11.5 Å². The predicted molar refractivity (Wildman–Crippen MR) is 70.3 cm³/mol. The van der Waals surface area contributed by atoms with Gasteiger partial charge in [0.05, 0.1) is 10.8 Å². The molecule has 1 heterocycles. The van der Waals surface area contributed by atoms with E-state index in [2.05, 4.69) is 0 Å². The first-order valence-electron chi connectivity index (χ1n) is 5.44. The Hall–Kier alpha value is -0.650. The topological polar surface area (TPSA) is 52.6 Å². The van der Waals surface area contributed by atoms with E-state index in [9.17, 15) is 8.42 Å². The molecule has 0 aliphatic carbocycles. The second-order valence-electron chi connectivity index (χ2n) is 3.89. The van der Waals surface area contributed by atoms with Crippen LogP contribution in [0.15, 0.2) is 6.07 Å². The molecule has 0 radical (unpaired) electrons. The Labute approximate surface area is 115 Å². The molecule has 100 valence electrons. The van der Waals surface area contributed by atoms with Crippen LogP contribution in [0, 0.1) is 0 Å². The fraction of sp³-hybridized carbons (Fsp3) is 0.455. The molecule has 0 spiro atoms. The van der Waals surface area contributed by atoms with Crippen LogP contribution in [0.25, 0.3) is 0 Å². The van der Waals surface area contributed by atoms with E-state index in [0.29, 0.717) is 41.7 Å². The maximum absolute atomic E-state index is 11.2. The molecule has 0 N–H and O–H groups in total. The Bertz CT molecular complexity index is 569. The van der Waals surface area contributed by atoms with E-state index < -0.39 is 9.05 Å². The molecule has 18 heavy (non-hydrogen) atoms. The van der Waals surface area contributed by atoms with Crippen molar-refractivity contribution in [1.29, 1.82) is 0 Å². The Morgan fingerprint density at radius 1 is 1.28 bits per heavy atom. The van der Waals surface area contributed by atoms with Gasteiger partial charge in [0.1, 0.15) is 13.2 Å². The second kappa shape index (κ2) is 5.15. The molecule has 0 atom stereocenters. The number of fused-ring (bicyclic) bond motifs is 1. The summed E-state index contributed by atoms with van der Waals surface area (Å²) < 4.78 is 33.4. The van der Waals surface area contributed by atoms with Gasteiger partial charge in [-0.15, -0.1) is 0 Å². The summed E-state index contributed by atoms with van der Waals surface area (Å²) in [7, 11) is 1.65. The zero-order valence-corrected chi connectivity index (χ0v) is 12.0. The van der Waals surface area contributed by atoms with Gasteiger partial charge in [-0.3, -0.25) is 0 Å². The van der Waals surface area contributed by atoms with Crippen molar-refractivity contribution in [3.05, 3.63) is 22.2 Å². The lowest BCUT2D eigenvalue weighted by Crippen LogP contribution is -2.18. The summed E-state index contributed by atoms with van der Waals surface area (Å²) in [5, 5.41) is 0.345. The summed E-state index contributed by atoms with van der Waals surface area (Å²) in [5.41, 5.74) is 1.33. The standard InChI is InChI=1S/C11H12Cl2O4S/c1-2-8-7(6-18(13,14)15)5-9(12)11-10(8)16-3-4-17-11/h5H,2-4,6H2,1H3. The fourth-order valence-electron chi connectivity index (χ4n) is 1.97. The first kappa shape index (κ1) is 13.8. The fourth-order valence-corrected chi connectivity index (χ4v) is 3.23. The van der Waals surface area contributed by atoms with Gasteiger partial charge in [-0.1, -0.05) is 18.5 Å². The van der Waals surface area contributed by atoms with Crippen LogP contribution in [-0.2, 0) is 21.2 Å². The first-order chi connectivity index (χ1) is 8.42. The molecule has 0 aromatic heterocycles. The van der Waals surface area contributed by atoms with E-state index in [1.165, 1.54) is 0 Å². The molecule has 0 saturated heterocycles. The highest BCUT2D eigenvalue weighted by atomic mass is 35.7. The molecule has 4 nitrogen and oxygen atoms in total. The molecule has 0 bridgehead atoms. The van der Waals surface area contributed by atoms with Crippen LogP contribution >= 0.6 is 22.3 Å². The summed E-state index contributed by atoms with van der Waals surface area (Å²) in [6, 6.07) is 1.58. The van der Waals surface area contributed by atoms with Gasteiger partial charge < -0.3 is 9.47 Å². The monoisotopic (exact) mass is 310 g/mol. The van der Waals surface area contributed by atoms with E-state index in [1.807, 2.05) is 6.92 Å². The number of rotatable bonds is 3. The molecule has 2 rings (SSSR count). The van der Waals surface area contributed by atoms with Gasteiger partial charge in [0.2, 0.25) is 9.05 Å². The van der Waals surface area contributed by atoms with Gasteiger partial charge in [-0.05, 0) is 18.1 Å². The third-order valence-corrected chi connectivity index (χ3v) is 3.91. The van der Waals surface area contributed by atoms with E-state index >= 15 is 0 Å². The molecule has 0 amide bonds. The average Bonchev–Trinajstić information content (AvgIpc) is 2.27. The van der Waals surface area contributed by atoms with Crippen LogP contribution in [0.1, 0.15) is 18.1 Å². The summed E-state index contributed by atoms with van der Waals surface area (Å²) >= 11 is 6.06. The first-order valence-corrected chi connectivity index (χ1v) is 8.30. The number of hydrogen-bond acceptors (Lipinski definition) is 4. The molecule has 0 fully saturated rings. The van der Waals surface area contributed by atoms with Gasteiger partial charge in [0.15, 0.2) is 11.5 Å². The smallest absolute Gasteiger partial charge is 0.236 e. The van der Waals surface area contributed by atoms with Crippen LogP contribution < -0.4 is 9.47 Å². The Balaban J connectivity index is 2.57. The van der Waals surface area contributed by atoms with Crippen LogP contribution in [0.2, 0.25) is 5.02 Å². The van der Waals surface area contributed by atoms with Crippen molar-refractivity contribution < 1.29 is 17.9 Å². The minimum absolute atomic E-state index is 0.270. The van der Waals surface area contributed by atoms with E-state index in [0.717, 1.165) is 5.56 Å². The molecular formula is C11H12Cl2O4S. The Kier molecular flexibility index (Phi) is 3.94. The largest absolute Gasteiger partial charge is 0.486 e. The number of ether oxygens (including phenoxy) is 2. The molecular weight excluding hydrogens is 299 g/mol. The van der Waals surface area contributed by atoms with Crippen LogP contribution in [0.3, 0.4) is 0 Å². The van der Waals surface area contributed by atoms with Crippen molar-refractivity contribution in [3.63, 3.8) is 0 Å². The van der Waals surface area contributed by atoms with Gasteiger partial charge in [0.25, 0.3) is 0 Å². The van der Waals surface area contributed by atoms with Gasteiger partial charge in [-0.2, -0.15) is 0 Å². The van der Waals surface area contributed by atoms with E-state index in [-0.39, 0.29) is 5.75 Å². The zero-order chi connectivity index (χ0) is 13.3. The maximum atomic E-state index is 11.2. The third kappa shape index (κ3) is 2.84. The SMILES string of the molecule is CCc1c(CS(=O)(=O)Cl)cc(Cl)c2c1OCCO2. The normalized spacial score (nSPS) is 14.6. The van der Waals surface area contributed by atoms with Crippen molar-refractivity contribution in [3.8, 4) is 11.5 Å². The molecule has 7 heteroatoms. The van der Waals surface area contributed by atoms with Crippen molar-refractivity contribution in [2.24, 2.45) is 0 Å². The van der Waals surface area contributed by atoms with Crippen LogP contribution in [0.4, 0.5) is 0 Å². The summed E-state index contributed by atoms with van der Waals surface area (Å²) in [4.78, 5) is 0. The molecule has 0 unspecified atom stereocenters. The van der Waals surface area contributed by atoms with Crippen molar-refractivity contribution in [2.75, 3.05) is 13.2 Å². The summed E-state index contributed by atoms with van der Waals surface area (Å²) in [6.45, 7) is 2.77. The lowest BCUT2D eigenvalue weighted by molar-refractivity contribution is 0.170. The average molecular weight is 311 g/mol. The van der Waals surface area contributed by atoms with Crippen molar-refractivity contribution >= 4 is 31.3 Å². The maximum Gasteiger partial charge on any atom is 0.236 e. The summed E-state index contributed by atoms with van der Waals surface area (Å²) in [5.74, 6) is 0.746. The zero-order valence-electron chi connectivity index (χ0n) is 9.70. The number of hydrogen-bond donors (Lipinski definition) is 0. The molecule has 1 aromatic rings. The van der Waals surface area contributed by atoms with E-state index in [1.54, 1.807) is 6.07 Å². The lowest BCUT2D eigenvalue weighted by atomic mass is 10.0. The van der Waals surface area contributed by atoms with Crippen molar-refractivity contribution in [2.45, 2.75) is 19.1 Å². The molecule has 1 aliphatic rings. The highest BCUT2D eigenvalue weighted by molar-refractivity contribution is 8.13. The predicted octanol–water partition coefficient (Wildman–Crippen LogP) is 2.74. The number of halogens is 2. The lowest BCUT2D eigenvalue weighted by Gasteiger charge is -2.23. The van der Waals surface area contributed by atoms with Gasteiger partial charge in [0, 0.05) is 16.2 Å². The molecule has 0 saturated carbocycles.